The molecule has 1 N–H and O–H groups in total. The second-order valence-corrected chi connectivity index (χ2v) is 7.79. The number of benzene rings is 3. The molecule has 0 aromatic heterocycles. The molecule has 148 valence electrons. The van der Waals surface area contributed by atoms with Gasteiger partial charge in [-0.15, -0.1) is 0 Å². The minimum atomic E-state index is -0.953. The number of halogens is 1. The van der Waals surface area contributed by atoms with E-state index in [2.05, 4.69) is 19.1 Å². The highest BCUT2D eigenvalue weighted by Gasteiger charge is 2.30. The molecule has 1 unspecified atom stereocenters. The smallest absolute Gasteiger partial charge is 0.407 e. The molecule has 29 heavy (non-hydrogen) atoms. The Hall–Kier alpha value is -2.98. The highest BCUT2D eigenvalue weighted by molar-refractivity contribution is 6.31. The number of ether oxygens (including phenoxy) is 1. The number of carboxylic acid groups (broad SMARTS) is 1. The van der Waals surface area contributed by atoms with Crippen LogP contribution in [0.1, 0.15) is 16.7 Å². The molecule has 0 saturated heterocycles. The normalized spacial score (nSPS) is 14.9. The Morgan fingerprint density at radius 3 is 2.55 bits per heavy atom. The highest BCUT2D eigenvalue weighted by atomic mass is 35.5. The first-order valence-corrected chi connectivity index (χ1v) is 9.96. The van der Waals surface area contributed by atoms with Crippen LogP contribution in [0.2, 0.25) is 5.02 Å². The Morgan fingerprint density at radius 2 is 1.83 bits per heavy atom. The largest absolute Gasteiger partial charge is 0.487 e. The van der Waals surface area contributed by atoms with E-state index in [9.17, 15) is 9.90 Å². The number of hydrogen-bond donors (Lipinski definition) is 1. The Morgan fingerprint density at radius 1 is 1.10 bits per heavy atom. The lowest BCUT2D eigenvalue weighted by Gasteiger charge is -2.23. The van der Waals surface area contributed by atoms with Gasteiger partial charge >= 0.3 is 6.09 Å². The third-order valence-electron chi connectivity index (χ3n) is 5.21. The van der Waals surface area contributed by atoms with Crippen molar-refractivity contribution in [1.82, 2.24) is 4.90 Å². The average molecular weight is 408 g/mol. The number of carbonyl (C=O) groups is 1. The van der Waals surface area contributed by atoms with Crippen molar-refractivity contribution in [1.29, 1.82) is 0 Å². The molecule has 1 amide bonds. The van der Waals surface area contributed by atoms with Gasteiger partial charge in [-0.1, -0.05) is 66.2 Å². The number of fused-ring (bicyclic) bond motifs is 1. The molecule has 3 aromatic carbocycles. The molecule has 1 heterocycles. The van der Waals surface area contributed by atoms with Gasteiger partial charge in [-0.25, -0.2) is 4.79 Å². The van der Waals surface area contributed by atoms with Crippen molar-refractivity contribution < 1.29 is 14.6 Å². The number of hydrogen-bond acceptors (Lipinski definition) is 2. The monoisotopic (exact) mass is 407 g/mol. The first-order chi connectivity index (χ1) is 14.0. The summed E-state index contributed by atoms with van der Waals surface area (Å²) < 4.78 is 6.26. The summed E-state index contributed by atoms with van der Waals surface area (Å²) in [5, 5.41) is 10.3. The number of aryl methyl sites for hydroxylation is 1. The van der Waals surface area contributed by atoms with E-state index < -0.39 is 6.09 Å². The summed E-state index contributed by atoms with van der Waals surface area (Å²) in [4.78, 5) is 13.2. The van der Waals surface area contributed by atoms with E-state index in [0.717, 1.165) is 33.6 Å². The summed E-state index contributed by atoms with van der Waals surface area (Å²) in [6.07, 6.45) is -0.565. The Labute approximate surface area is 175 Å². The quantitative estimate of drug-likeness (QED) is 0.581. The van der Waals surface area contributed by atoms with Crippen LogP contribution in [0.25, 0.3) is 11.1 Å². The summed E-state index contributed by atoms with van der Waals surface area (Å²) in [7, 11) is 0. The summed E-state index contributed by atoms with van der Waals surface area (Å²) in [5.74, 6) is 0.804. The Balaban J connectivity index is 1.58. The maximum Gasteiger partial charge on any atom is 0.407 e. The van der Waals surface area contributed by atoms with Crippen LogP contribution >= 0.6 is 11.6 Å². The van der Waals surface area contributed by atoms with Gasteiger partial charge in [-0.05, 0) is 35.7 Å². The van der Waals surface area contributed by atoms with Gasteiger partial charge in [0.05, 0.1) is 6.54 Å². The highest BCUT2D eigenvalue weighted by Crippen LogP contribution is 2.42. The van der Waals surface area contributed by atoms with Crippen molar-refractivity contribution in [2.75, 3.05) is 6.54 Å². The van der Waals surface area contributed by atoms with E-state index in [0.29, 0.717) is 24.5 Å². The minimum absolute atomic E-state index is 0.244. The molecule has 0 spiro atoms. The van der Waals surface area contributed by atoms with Gasteiger partial charge in [0.25, 0.3) is 0 Å². The minimum Gasteiger partial charge on any atom is -0.487 e. The fourth-order valence-corrected chi connectivity index (χ4v) is 4.07. The fourth-order valence-electron chi connectivity index (χ4n) is 3.83. The van der Waals surface area contributed by atoms with E-state index in [4.69, 9.17) is 16.3 Å². The molecule has 0 saturated carbocycles. The Kier molecular flexibility index (Phi) is 5.45. The van der Waals surface area contributed by atoms with E-state index in [1.54, 1.807) is 0 Å². The van der Waals surface area contributed by atoms with Crippen molar-refractivity contribution in [3.63, 3.8) is 0 Å². The van der Waals surface area contributed by atoms with Crippen LogP contribution in [-0.4, -0.2) is 28.7 Å². The average Bonchev–Trinajstić information content (AvgIpc) is 3.10. The number of nitrogens with zero attached hydrogens (tertiary/aromatic N) is 1. The maximum atomic E-state index is 11.8. The zero-order valence-electron chi connectivity index (χ0n) is 16.1. The zero-order valence-corrected chi connectivity index (χ0v) is 16.9. The molecule has 3 aromatic rings. The van der Waals surface area contributed by atoms with Gasteiger partial charge in [0, 0.05) is 29.1 Å². The molecule has 0 fully saturated rings. The van der Waals surface area contributed by atoms with Gasteiger partial charge in [0.2, 0.25) is 0 Å². The van der Waals surface area contributed by atoms with Crippen molar-refractivity contribution in [3.8, 4) is 16.9 Å². The topological polar surface area (TPSA) is 49.8 Å². The van der Waals surface area contributed by atoms with Crippen LogP contribution in [0.5, 0.6) is 5.75 Å². The SMILES string of the molecule is Cc1ccccc1-c1cc(Cl)cc2c1OC(CN(Cc1ccccc1)C(=O)O)C2. The van der Waals surface area contributed by atoms with E-state index >= 15 is 0 Å². The molecular weight excluding hydrogens is 386 g/mol. The predicted octanol–water partition coefficient (Wildman–Crippen LogP) is 5.80. The van der Waals surface area contributed by atoms with Crippen molar-refractivity contribution in [2.45, 2.75) is 26.0 Å². The molecule has 4 rings (SSSR count). The van der Waals surface area contributed by atoms with Crippen molar-refractivity contribution in [3.05, 3.63) is 88.4 Å². The predicted molar refractivity (Wildman–Crippen MR) is 115 cm³/mol. The second kappa shape index (κ2) is 8.18. The van der Waals surface area contributed by atoms with Crippen LogP contribution in [0, 0.1) is 6.92 Å². The summed E-state index contributed by atoms with van der Waals surface area (Å²) in [6, 6.07) is 21.5. The number of amides is 1. The molecule has 1 aliphatic heterocycles. The standard InChI is InChI=1S/C24H22ClNO3/c1-16-7-5-6-10-21(16)22-13-19(25)11-18-12-20(29-23(18)22)15-26(24(27)28)14-17-8-3-2-4-9-17/h2-11,13,20H,12,14-15H2,1H3,(H,27,28). The summed E-state index contributed by atoms with van der Waals surface area (Å²) >= 11 is 6.38. The van der Waals surface area contributed by atoms with Gasteiger partial charge in [0.1, 0.15) is 11.9 Å². The van der Waals surface area contributed by atoms with Crippen LogP contribution in [0.4, 0.5) is 4.79 Å². The van der Waals surface area contributed by atoms with Crippen LogP contribution in [-0.2, 0) is 13.0 Å². The molecular formula is C24H22ClNO3. The van der Waals surface area contributed by atoms with Crippen molar-refractivity contribution >= 4 is 17.7 Å². The van der Waals surface area contributed by atoms with Gasteiger partial charge in [0.15, 0.2) is 0 Å². The molecule has 0 radical (unpaired) electrons. The van der Waals surface area contributed by atoms with Gasteiger partial charge in [-0.3, -0.25) is 0 Å². The second-order valence-electron chi connectivity index (χ2n) is 7.35. The maximum absolute atomic E-state index is 11.8. The lowest BCUT2D eigenvalue weighted by atomic mass is 9.97. The van der Waals surface area contributed by atoms with Crippen LogP contribution < -0.4 is 4.74 Å². The van der Waals surface area contributed by atoms with E-state index in [1.807, 2.05) is 54.6 Å². The third kappa shape index (κ3) is 4.22. The van der Waals surface area contributed by atoms with Crippen LogP contribution in [0.3, 0.4) is 0 Å². The van der Waals surface area contributed by atoms with Gasteiger partial charge in [-0.2, -0.15) is 0 Å². The molecule has 4 nitrogen and oxygen atoms in total. The first kappa shape index (κ1) is 19.3. The zero-order chi connectivity index (χ0) is 20.4. The van der Waals surface area contributed by atoms with E-state index in [1.165, 1.54) is 4.90 Å². The van der Waals surface area contributed by atoms with Gasteiger partial charge < -0.3 is 14.7 Å². The first-order valence-electron chi connectivity index (χ1n) is 9.58. The fraction of sp³-hybridized carbons (Fsp3) is 0.208. The summed E-state index contributed by atoms with van der Waals surface area (Å²) in [5.41, 5.74) is 5.14. The van der Waals surface area contributed by atoms with E-state index in [-0.39, 0.29) is 6.10 Å². The lowest BCUT2D eigenvalue weighted by molar-refractivity contribution is 0.113. The Bertz CT molecular complexity index is 1040. The lowest BCUT2D eigenvalue weighted by Crippen LogP contribution is -2.37. The molecule has 0 bridgehead atoms. The molecule has 1 aliphatic rings. The third-order valence-corrected chi connectivity index (χ3v) is 5.43. The molecule has 1 atom stereocenters. The van der Waals surface area contributed by atoms with Crippen molar-refractivity contribution in [2.24, 2.45) is 0 Å². The molecule has 0 aliphatic carbocycles. The number of rotatable bonds is 5. The summed E-state index contributed by atoms with van der Waals surface area (Å²) in [6.45, 7) is 2.68. The molecule has 5 heteroatoms. The van der Waals surface area contributed by atoms with Crippen LogP contribution in [0.15, 0.2) is 66.7 Å².